The van der Waals surface area contributed by atoms with Crippen LogP contribution in [0.4, 0.5) is 0 Å². The first kappa shape index (κ1) is 10.1. The van der Waals surface area contributed by atoms with Gasteiger partial charge in [0.15, 0.2) is 5.78 Å². The van der Waals surface area contributed by atoms with Crippen LogP contribution in [0.3, 0.4) is 0 Å². The molecule has 0 aromatic heterocycles. The van der Waals surface area contributed by atoms with Crippen molar-refractivity contribution < 1.29 is 9.59 Å². The maximum Gasteiger partial charge on any atom is 0.222 e. The first-order chi connectivity index (χ1) is 7.20. The topological polar surface area (TPSA) is 37.4 Å². The lowest BCUT2D eigenvalue weighted by Crippen LogP contribution is -2.37. The molecule has 80 valence electrons. The Morgan fingerprint density at radius 2 is 2.27 bits per heavy atom. The Kier molecular flexibility index (Phi) is 2.71. The smallest absolute Gasteiger partial charge is 0.222 e. The summed E-state index contributed by atoms with van der Waals surface area (Å²) in [4.78, 5) is 24.6. The molecule has 3 heteroatoms. The number of ketones is 1. The molecule has 0 bridgehead atoms. The van der Waals surface area contributed by atoms with Crippen molar-refractivity contribution >= 4 is 11.7 Å². The Balaban J connectivity index is 2.12. The Bertz CT molecular complexity index is 366. The molecule has 2 rings (SSSR count). The van der Waals surface area contributed by atoms with Crippen molar-refractivity contribution in [3.8, 4) is 0 Å². The van der Waals surface area contributed by atoms with Crippen LogP contribution in [0.15, 0.2) is 23.3 Å². The van der Waals surface area contributed by atoms with E-state index in [1.165, 1.54) is 11.1 Å². The molecule has 0 fully saturated rings. The molecule has 1 aliphatic heterocycles. The molecule has 0 aromatic rings. The molecule has 0 saturated heterocycles. The van der Waals surface area contributed by atoms with Gasteiger partial charge in [-0.3, -0.25) is 9.59 Å². The first-order valence-corrected chi connectivity index (χ1v) is 5.40. The second-order valence-electron chi connectivity index (χ2n) is 4.02. The van der Waals surface area contributed by atoms with Crippen LogP contribution >= 0.6 is 0 Å². The molecule has 2 aliphatic rings. The molecule has 0 atom stereocenters. The minimum Gasteiger partial charge on any atom is -0.338 e. The van der Waals surface area contributed by atoms with Gasteiger partial charge in [-0.25, -0.2) is 0 Å². The molecule has 3 nitrogen and oxygen atoms in total. The highest BCUT2D eigenvalue weighted by Crippen LogP contribution is 2.25. The third-order valence-corrected chi connectivity index (χ3v) is 3.01. The minimum atomic E-state index is 0.184. The number of carbonyl (C=O) groups excluding carboxylic acids is 2. The lowest BCUT2D eigenvalue weighted by atomic mass is 9.91. The second kappa shape index (κ2) is 4.01. The number of hydrogen-bond donors (Lipinski definition) is 0. The van der Waals surface area contributed by atoms with Crippen LogP contribution in [0.1, 0.15) is 26.2 Å². The van der Waals surface area contributed by atoms with Crippen molar-refractivity contribution in [2.75, 3.05) is 13.1 Å². The maximum absolute atomic E-state index is 11.5. The molecule has 1 aliphatic carbocycles. The number of rotatable bonds is 1. The molecular formula is C12H15NO2. The molecule has 15 heavy (non-hydrogen) atoms. The molecule has 0 unspecified atom stereocenters. The monoisotopic (exact) mass is 205 g/mol. The average molecular weight is 205 g/mol. The van der Waals surface area contributed by atoms with Crippen molar-refractivity contribution in [1.82, 2.24) is 4.90 Å². The zero-order valence-electron chi connectivity index (χ0n) is 8.95. The van der Waals surface area contributed by atoms with Crippen LogP contribution in [0.25, 0.3) is 0 Å². The van der Waals surface area contributed by atoms with E-state index < -0.39 is 0 Å². The van der Waals surface area contributed by atoms with Gasteiger partial charge in [0.2, 0.25) is 5.91 Å². The zero-order chi connectivity index (χ0) is 10.8. The van der Waals surface area contributed by atoms with Crippen molar-refractivity contribution in [2.45, 2.75) is 26.2 Å². The van der Waals surface area contributed by atoms with Crippen LogP contribution in [0.2, 0.25) is 0 Å². The van der Waals surface area contributed by atoms with E-state index >= 15 is 0 Å². The van der Waals surface area contributed by atoms with Crippen LogP contribution in [0.5, 0.6) is 0 Å². The van der Waals surface area contributed by atoms with Gasteiger partial charge in [-0.1, -0.05) is 18.6 Å². The van der Waals surface area contributed by atoms with E-state index in [0.717, 1.165) is 13.0 Å². The third-order valence-electron chi connectivity index (χ3n) is 3.01. The number of hydrogen-bond acceptors (Lipinski definition) is 2. The second-order valence-corrected chi connectivity index (χ2v) is 4.02. The van der Waals surface area contributed by atoms with Crippen molar-refractivity contribution in [2.24, 2.45) is 0 Å². The predicted octanol–water partition coefficient (Wildman–Crippen LogP) is 1.45. The van der Waals surface area contributed by atoms with E-state index in [4.69, 9.17) is 0 Å². The quantitative estimate of drug-likeness (QED) is 0.649. The Labute approximate surface area is 89.4 Å². The highest BCUT2D eigenvalue weighted by molar-refractivity contribution is 5.93. The maximum atomic E-state index is 11.5. The highest BCUT2D eigenvalue weighted by atomic mass is 16.2. The summed E-state index contributed by atoms with van der Waals surface area (Å²) in [7, 11) is 0. The third kappa shape index (κ3) is 2.01. The number of allylic oxidation sites excluding steroid dienone is 1. The Morgan fingerprint density at radius 1 is 1.47 bits per heavy atom. The van der Waals surface area contributed by atoms with E-state index in [9.17, 15) is 9.59 Å². The van der Waals surface area contributed by atoms with Crippen molar-refractivity contribution in [1.29, 1.82) is 0 Å². The molecule has 1 heterocycles. The van der Waals surface area contributed by atoms with Gasteiger partial charge in [-0.2, -0.15) is 0 Å². The molecular weight excluding hydrogens is 190 g/mol. The standard InChI is InChI=1S/C12H15NO2/c1-2-12(15)13-6-5-9-7-11(14)4-3-10(9)8-13/h3-4H,2,5-8H2,1H3. The van der Waals surface area contributed by atoms with E-state index in [1.807, 2.05) is 17.9 Å². The summed E-state index contributed by atoms with van der Waals surface area (Å²) in [5.74, 6) is 0.385. The highest BCUT2D eigenvalue weighted by Gasteiger charge is 2.23. The predicted molar refractivity (Wildman–Crippen MR) is 57.3 cm³/mol. The number of amides is 1. The van der Waals surface area contributed by atoms with Gasteiger partial charge >= 0.3 is 0 Å². The summed E-state index contributed by atoms with van der Waals surface area (Å²) in [6.45, 7) is 3.34. The van der Waals surface area contributed by atoms with Gasteiger partial charge in [0, 0.05) is 25.9 Å². The van der Waals surface area contributed by atoms with Gasteiger partial charge in [0.25, 0.3) is 0 Å². The first-order valence-electron chi connectivity index (χ1n) is 5.40. The molecule has 1 amide bonds. The summed E-state index contributed by atoms with van der Waals surface area (Å²) >= 11 is 0. The van der Waals surface area contributed by atoms with Crippen molar-refractivity contribution in [3.05, 3.63) is 23.3 Å². The Hall–Kier alpha value is -1.38. The SMILES string of the molecule is CCC(=O)N1CCC2=C(C=CC(=O)C2)C1. The van der Waals surface area contributed by atoms with Gasteiger partial charge < -0.3 is 4.90 Å². The Morgan fingerprint density at radius 3 is 3.00 bits per heavy atom. The van der Waals surface area contributed by atoms with E-state index in [0.29, 0.717) is 19.4 Å². The summed E-state index contributed by atoms with van der Waals surface area (Å²) < 4.78 is 0. The van der Waals surface area contributed by atoms with E-state index in [2.05, 4.69) is 0 Å². The van der Waals surface area contributed by atoms with E-state index in [1.54, 1.807) is 6.08 Å². The number of nitrogens with zero attached hydrogens (tertiary/aromatic N) is 1. The largest absolute Gasteiger partial charge is 0.338 e. The summed E-state index contributed by atoms with van der Waals surface area (Å²) in [5.41, 5.74) is 2.39. The zero-order valence-corrected chi connectivity index (χ0v) is 8.95. The van der Waals surface area contributed by atoms with Crippen molar-refractivity contribution in [3.63, 3.8) is 0 Å². The summed E-state index contributed by atoms with van der Waals surface area (Å²) in [6.07, 6.45) is 5.47. The van der Waals surface area contributed by atoms with Crippen LogP contribution in [0, 0.1) is 0 Å². The van der Waals surface area contributed by atoms with Gasteiger partial charge in [-0.15, -0.1) is 0 Å². The van der Waals surface area contributed by atoms with E-state index in [-0.39, 0.29) is 11.7 Å². The number of carbonyl (C=O) groups is 2. The molecule has 0 aromatic carbocycles. The summed E-state index contributed by atoms with van der Waals surface area (Å²) in [5, 5.41) is 0. The minimum absolute atomic E-state index is 0.184. The fourth-order valence-electron chi connectivity index (χ4n) is 2.10. The lowest BCUT2D eigenvalue weighted by molar-refractivity contribution is -0.130. The lowest BCUT2D eigenvalue weighted by Gasteiger charge is -2.30. The molecule has 0 radical (unpaired) electrons. The average Bonchev–Trinajstić information content (AvgIpc) is 2.27. The van der Waals surface area contributed by atoms with Crippen LogP contribution < -0.4 is 0 Å². The summed E-state index contributed by atoms with van der Waals surface area (Å²) in [6, 6.07) is 0. The van der Waals surface area contributed by atoms with Gasteiger partial charge in [0.05, 0.1) is 0 Å². The fraction of sp³-hybridized carbons (Fsp3) is 0.500. The fourth-order valence-corrected chi connectivity index (χ4v) is 2.10. The van der Waals surface area contributed by atoms with Gasteiger partial charge in [-0.05, 0) is 18.1 Å². The van der Waals surface area contributed by atoms with Gasteiger partial charge in [0.1, 0.15) is 0 Å². The molecule has 0 spiro atoms. The molecule has 0 saturated carbocycles. The normalized spacial score (nSPS) is 20.6. The van der Waals surface area contributed by atoms with Crippen LogP contribution in [-0.4, -0.2) is 29.7 Å². The van der Waals surface area contributed by atoms with Crippen LogP contribution in [-0.2, 0) is 9.59 Å². The molecule has 0 N–H and O–H groups in total.